The first kappa shape index (κ1) is 58.8. The lowest BCUT2D eigenvalue weighted by Gasteiger charge is -2.11. The zero-order valence-electron chi connectivity index (χ0n) is 38.4. The fourth-order valence-corrected chi connectivity index (χ4v) is 10.5. The maximum Gasteiger partial charge on any atom is 0.425 e. The summed E-state index contributed by atoms with van der Waals surface area (Å²) in [5.74, 6) is -4.11. The molecule has 1 unspecified atom stereocenters. The summed E-state index contributed by atoms with van der Waals surface area (Å²) in [4.78, 5) is 13.9. The molecular formula is C39H32N9O22S7-. The number of esters is 1. The summed E-state index contributed by atoms with van der Waals surface area (Å²) >= 11 is -1.17. The lowest BCUT2D eigenvalue weighted by atomic mass is 10.1. The number of aromatic hydroxyl groups is 2. The topological polar surface area (TPSA) is 490 Å². The SMILES string of the molecule is COC(=O)c1nn(-c2ccc(S(=O)(=O)O)cc2S(=O)(=O)O)c(O)c1N=Nc1ccc2c(O)c(N=Nc3cc(C)c(N=Nc4nc5ccc(CS(=O)[O-])cc5s4)cc3OCCCS(=O)(=O)O)ccc2c1S(=O)(=O)O.O=S(=O)=O. The molecule has 7 rings (SSSR count). The Morgan fingerprint density at radius 1 is 0.740 bits per heavy atom. The Kier molecular flexibility index (Phi) is 17.9. The normalized spacial score (nSPS) is 12.9. The fourth-order valence-electron chi connectivity index (χ4n) is 6.62. The first-order chi connectivity index (χ1) is 35.9. The van der Waals surface area contributed by atoms with E-state index in [0.29, 0.717) is 44.2 Å². The molecule has 38 heteroatoms. The van der Waals surface area contributed by atoms with E-state index in [-0.39, 0.29) is 57.5 Å². The number of phenolic OH excluding ortho intramolecular Hbond substituents is 1. The average Bonchev–Trinajstić information content (AvgIpc) is 3.90. The first-order valence-electron chi connectivity index (χ1n) is 20.3. The van der Waals surface area contributed by atoms with Gasteiger partial charge in [0, 0.05) is 22.6 Å². The average molecular weight is 1200 g/mol. The Bertz CT molecular complexity index is 4240. The molecule has 2 heterocycles. The first-order valence-corrected chi connectivity index (χ1v) is 29.3. The quantitative estimate of drug-likeness (QED) is 0.0184. The van der Waals surface area contributed by atoms with Crippen molar-refractivity contribution < 1.29 is 97.8 Å². The lowest BCUT2D eigenvalue weighted by Crippen LogP contribution is -2.10. The Balaban J connectivity index is 0.00000232. The van der Waals surface area contributed by atoms with Gasteiger partial charge in [0.2, 0.25) is 16.7 Å². The zero-order chi connectivity index (χ0) is 56.9. The number of azo groups is 3. The van der Waals surface area contributed by atoms with Crippen LogP contribution in [0.5, 0.6) is 17.4 Å². The third-order valence-corrected chi connectivity index (χ3v) is 14.8. The third-order valence-electron chi connectivity index (χ3n) is 9.86. The molecule has 0 aliphatic carbocycles. The Morgan fingerprint density at radius 2 is 1.38 bits per heavy atom. The third kappa shape index (κ3) is 14.7. The second-order valence-electron chi connectivity index (χ2n) is 15.1. The monoisotopic (exact) mass is 1200 g/mol. The number of aromatic nitrogens is 3. The van der Waals surface area contributed by atoms with Crippen LogP contribution in [-0.2, 0) is 72.7 Å². The molecule has 1 atom stereocenters. The van der Waals surface area contributed by atoms with Crippen LogP contribution < -0.4 is 4.74 Å². The maximum absolute atomic E-state index is 12.9. The van der Waals surface area contributed by atoms with Gasteiger partial charge in [-0.2, -0.15) is 43.5 Å². The van der Waals surface area contributed by atoms with Crippen LogP contribution in [0.25, 0.3) is 26.7 Å². The molecule has 0 saturated carbocycles. The minimum Gasteiger partial charge on any atom is -0.772 e. The highest BCUT2D eigenvalue weighted by molar-refractivity contribution is 7.87. The highest BCUT2D eigenvalue weighted by Gasteiger charge is 2.30. The standard InChI is InChI=1S/C39H33N9O19S6.O3S/c1-19-14-28(30(67-12-3-13-70(54,55)56)17-27(19)43-46-39-40-24-8-4-20(18-69(52)53)15-31(24)68-39)44-41-25-9-7-23-22(35(25)49)6-10-26(36(23)73(63,64)65)42-45-33-34(38(51)66-2)47-48(37(33)50)29-11-5-21(71(57,58)59)16-32(29)72(60,61)62;1-4(2)3/h4-11,14-17,49-50H,3,12-13,18H2,1-2H3,(H,52,53)(H,54,55,56)(H,57,58,59)(H,60,61,62)(H,63,64,65);/p-1. The van der Waals surface area contributed by atoms with Gasteiger partial charge in [0.1, 0.15) is 32.6 Å². The zero-order valence-corrected chi connectivity index (χ0v) is 44.1. The second kappa shape index (κ2) is 23.4. The predicted octanol–water partition coefficient (Wildman–Crippen LogP) is 6.16. The second-order valence-corrected chi connectivity index (χ2v) is 23.1. The van der Waals surface area contributed by atoms with Gasteiger partial charge in [-0.3, -0.25) is 22.4 Å². The number of hydrogen-bond acceptors (Lipinski definition) is 27. The molecule has 408 valence electrons. The fraction of sp³-hybridized carbons (Fsp3) is 0.154. The van der Waals surface area contributed by atoms with E-state index in [1.54, 1.807) is 25.1 Å². The van der Waals surface area contributed by atoms with Crippen LogP contribution in [0, 0.1) is 6.92 Å². The van der Waals surface area contributed by atoms with E-state index in [0.717, 1.165) is 42.7 Å². The number of methoxy groups -OCH3 is 1. The smallest absolute Gasteiger partial charge is 0.425 e. The Morgan fingerprint density at radius 3 is 2.00 bits per heavy atom. The van der Waals surface area contributed by atoms with Crippen molar-refractivity contribution in [1.29, 1.82) is 0 Å². The highest BCUT2D eigenvalue weighted by atomic mass is 32.2. The molecule has 0 amide bonds. The van der Waals surface area contributed by atoms with Gasteiger partial charge in [-0.15, -0.1) is 43.3 Å². The summed E-state index contributed by atoms with van der Waals surface area (Å²) < 4.78 is 194. The summed E-state index contributed by atoms with van der Waals surface area (Å²) in [7, 11) is -22.3. The molecule has 0 saturated heterocycles. The van der Waals surface area contributed by atoms with Crippen molar-refractivity contribution in [3.05, 3.63) is 89.6 Å². The van der Waals surface area contributed by atoms with Gasteiger partial charge in [-0.25, -0.2) is 9.78 Å². The molecule has 31 nitrogen and oxygen atoms in total. The van der Waals surface area contributed by atoms with Crippen LogP contribution in [0.2, 0.25) is 0 Å². The van der Waals surface area contributed by atoms with Gasteiger partial charge in [-0.05, 0) is 79.1 Å². The van der Waals surface area contributed by atoms with E-state index < -0.39 is 123 Å². The molecule has 77 heavy (non-hydrogen) atoms. The molecule has 0 aliphatic rings. The van der Waals surface area contributed by atoms with E-state index >= 15 is 0 Å². The molecule has 0 spiro atoms. The van der Waals surface area contributed by atoms with E-state index in [1.807, 2.05) is 0 Å². The van der Waals surface area contributed by atoms with Crippen LogP contribution in [0.3, 0.4) is 0 Å². The van der Waals surface area contributed by atoms with Gasteiger partial charge < -0.3 is 24.2 Å². The maximum atomic E-state index is 12.9. The number of carbonyl (C=O) groups excluding carboxylic acids is 1. The number of ether oxygens (including phenoxy) is 2. The highest BCUT2D eigenvalue weighted by Crippen LogP contribution is 2.44. The van der Waals surface area contributed by atoms with Gasteiger partial charge in [0.15, 0.2) is 11.4 Å². The van der Waals surface area contributed by atoms with Crippen LogP contribution in [0.15, 0.2) is 118 Å². The summed E-state index contributed by atoms with van der Waals surface area (Å²) in [5, 5.41) is 50.1. The van der Waals surface area contributed by atoms with Crippen LogP contribution in [0.1, 0.15) is 28.0 Å². The summed E-state index contributed by atoms with van der Waals surface area (Å²) in [6.07, 6.45) is -0.164. The van der Waals surface area contributed by atoms with Crippen molar-refractivity contribution in [3.8, 4) is 23.1 Å². The minimum atomic E-state index is -5.36. The Labute approximate surface area is 440 Å². The molecule has 2 aromatic heterocycles. The van der Waals surface area contributed by atoms with Crippen LogP contribution in [-0.4, -0.2) is 124 Å². The number of carbonyl (C=O) groups is 1. The van der Waals surface area contributed by atoms with E-state index in [9.17, 15) is 75.7 Å². The predicted molar refractivity (Wildman–Crippen MR) is 264 cm³/mol. The van der Waals surface area contributed by atoms with Gasteiger partial charge in [-0.1, -0.05) is 34.5 Å². The minimum absolute atomic E-state index is 0.00249. The largest absolute Gasteiger partial charge is 0.772 e. The summed E-state index contributed by atoms with van der Waals surface area (Å²) in [6, 6.07) is 13.6. The molecule has 0 radical (unpaired) electrons. The number of nitrogens with zero attached hydrogens (tertiary/aromatic N) is 9. The van der Waals surface area contributed by atoms with Crippen molar-refractivity contribution in [2.75, 3.05) is 19.5 Å². The summed E-state index contributed by atoms with van der Waals surface area (Å²) in [6.45, 7) is 1.36. The van der Waals surface area contributed by atoms with E-state index in [2.05, 4.69) is 45.5 Å². The summed E-state index contributed by atoms with van der Waals surface area (Å²) in [5.41, 5.74) is -1.80. The number of thiazole rings is 1. The van der Waals surface area contributed by atoms with Crippen molar-refractivity contribution in [3.63, 3.8) is 0 Å². The van der Waals surface area contributed by atoms with Crippen molar-refractivity contribution in [2.45, 2.75) is 33.8 Å². The number of benzene rings is 5. The van der Waals surface area contributed by atoms with Gasteiger partial charge >= 0.3 is 16.6 Å². The van der Waals surface area contributed by atoms with Gasteiger partial charge in [0.05, 0.1) is 46.0 Å². The van der Waals surface area contributed by atoms with E-state index in [1.165, 1.54) is 12.1 Å². The van der Waals surface area contributed by atoms with Crippen LogP contribution >= 0.6 is 11.3 Å². The molecule has 0 fully saturated rings. The van der Waals surface area contributed by atoms with Crippen molar-refractivity contribution >= 4 is 134 Å². The van der Waals surface area contributed by atoms with Crippen molar-refractivity contribution in [1.82, 2.24) is 14.8 Å². The number of rotatable bonds is 18. The molecule has 0 bridgehead atoms. The number of phenols is 1. The molecule has 7 aromatic rings. The Hall–Kier alpha value is -7.50. The molecule has 5 aromatic carbocycles. The molecule has 6 N–H and O–H groups in total. The number of aryl methyl sites for hydroxylation is 1. The number of hydrogen-bond donors (Lipinski definition) is 6. The van der Waals surface area contributed by atoms with Gasteiger partial charge in [0.25, 0.3) is 40.5 Å². The number of fused-ring (bicyclic) bond motifs is 2. The van der Waals surface area contributed by atoms with Crippen LogP contribution in [0.4, 0.5) is 33.6 Å². The molecule has 0 aliphatic heterocycles. The lowest BCUT2D eigenvalue weighted by molar-refractivity contribution is 0.0594. The molecular weight excluding hydrogens is 1170 g/mol. The van der Waals surface area contributed by atoms with E-state index in [4.69, 9.17) is 17.4 Å². The van der Waals surface area contributed by atoms with Crippen molar-refractivity contribution in [2.24, 2.45) is 30.7 Å².